The largest absolute Gasteiger partial charge is 0.406 e. The van der Waals surface area contributed by atoms with Crippen LogP contribution in [0.4, 0.5) is 5.69 Å². The van der Waals surface area contributed by atoms with Gasteiger partial charge in [0.1, 0.15) is 0 Å². The van der Waals surface area contributed by atoms with E-state index in [1.807, 2.05) is 0 Å². The Hall–Kier alpha value is -2.41. The minimum Gasteiger partial charge on any atom is -0.406 e. The van der Waals surface area contributed by atoms with Crippen molar-refractivity contribution in [1.29, 1.82) is 0 Å². The van der Waals surface area contributed by atoms with Crippen molar-refractivity contribution in [2.24, 2.45) is 0 Å². The van der Waals surface area contributed by atoms with Crippen LogP contribution < -0.4 is 10.2 Å². The van der Waals surface area contributed by atoms with Crippen LogP contribution in [0.15, 0.2) is 30.3 Å². The highest BCUT2D eigenvalue weighted by molar-refractivity contribution is 5.95. The molecule has 0 fully saturated rings. The molecule has 0 saturated carbocycles. The first-order chi connectivity index (χ1) is 9.95. The van der Waals surface area contributed by atoms with Gasteiger partial charge in [-0.2, -0.15) is 0 Å². The van der Waals surface area contributed by atoms with E-state index in [2.05, 4.69) is 5.32 Å². The van der Waals surface area contributed by atoms with Gasteiger partial charge in [-0.1, -0.05) is 18.2 Å². The van der Waals surface area contributed by atoms with Gasteiger partial charge in [0.05, 0.1) is 12.2 Å². The second-order valence-electron chi connectivity index (χ2n) is 4.16. The Bertz CT molecular complexity index is 487. The van der Waals surface area contributed by atoms with Crippen LogP contribution in [0.5, 0.6) is 0 Å². The van der Waals surface area contributed by atoms with Crippen LogP contribution in [-0.4, -0.2) is 37.9 Å². The Kier molecular flexibility index (Phi) is 6.35. The highest BCUT2D eigenvalue weighted by Gasteiger charge is 2.29. The lowest BCUT2D eigenvalue weighted by atomic mass is 10.3. The van der Waals surface area contributed by atoms with Crippen LogP contribution in [-0.2, 0) is 23.9 Å². The Morgan fingerprint density at radius 2 is 1.62 bits per heavy atom. The normalized spacial score (nSPS) is 10.1. The zero-order chi connectivity index (χ0) is 15.8. The molecule has 114 valence electrons. The van der Waals surface area contributed by atoms with Crippen LogP contribution in [0.2, 0.25) is 0 Å². The Labute approximate surface area is 122 Å². The van der Waals surface area contributed by atoms with E-state index >= 15 is 0 Å². The minimum absolute atomic E-state index is 0.00603. The number of nitrogens with zero attached hydrogens (tertiary/aromatic N) is 1. The van der Waals surface area contributed by atoms with Crippen LogP contribution in [0.1, 0.15) is 13.8 Å². The van der Waals surface area contributed by atoms with Gasteiger partial charge in [-0.3, -0.25) is 14.4 Å². The second kappa shape index (κ2) is 8.01. The fraction of sp³-hybridized carbons (Fsp3) is 0.357. The van der Waals surface area contributed by atoms with Gasteiger partial charge in [0.25, 0.3) is 0 Å². The molecule has 0 heterocycles. The van der Waals surface area contributed by atoms with E-state index in [0.29, 0.717) is 5.69 Å². The summed E-state index contributed by atoms with van der Waals surface area (Å²) in [6, 6.07) is 8.50. The first-order valence-corrected chi connectivity index (χ1v) is 6.32. The van der Waals surface area contributed by atoms with Crippen molar-refractivity contribution in [3.8, 4) is 0 Å². The first-order valence-electron chi connectivity index (χ1n) is 6.32. The number of carbonyl (C=O) groups excluding carboxylic acids is 3. The fourth-order valence-corrected chi connectivity index (χ4v) is 1.62. The molecule has 0 unspecified atom stereocenters. The van der Waals surface area contributed by atoms with Crippen molar-refractivity contribution in [3.63, 3.8) is 0 Å². The van der Waals surface area contributed by atoms with Gasteiger partial charge >= 0.3 is 18.4 Å². The number of esters is 2. The molecule has 1 aromatic carbocycles. The van der Waals surface area contributed by atoms with E-state index in [-0.39, 0.29) is 6.54 Å². The van der Waals surface area contributed by atoms with Gasteiger partial charge < -0.3 is 14.8 Å². The van der Waals surface area contributed by atoms with Crippen molar-refractivity contribution in [1.82, 2.24) is 5.32 Å². The Balaban J connectivity index is 3.14. The summed E-state index contributed by atoms with van der Waals surface area (Å²) in [6.07, 6.45) is -1.44. The summed E-state index contributed by atoms with van der Waals surface area (Å²) >= 11 is 0. The smallest absolute Gasteiger partial charge is 0.338 e. The number of para-hydroxylation sites is 1. The van der Waals surface area contributed by atoms with E-state index in [4.69, 9.17) is 9.47 Å². The van der Waals surface area contributed by atoms with E-state index in [0.717, 1.165) is 4.90 Å². The monoisotopic (exact) mass is 294 g/mol. The lowest BCUT2D eigenvalue weighted by molar-refractivity contribution is -0.185. The molecule has 7 heteroatoms. The standard InChI is InChI=1S/C14H18N2O5/c1-10(17)20-14(21-11(2)18)16(13(19)9-15-3)12-7-5-4-6-8-12/h4-8,14-15H,9H2,1-3H3. The molecule has 1 amide bonds. The van der Waals surface area contributed by atoms with E-state index in [1.165, 1.54) is 13.8 Å². The van der Waals surface area contributed by atoms with Gasteiger partial charge in [0.15, 0.2) is 0 Å². The van der Waals surface area contributed by atoms with Crippen molar-refractivity contribution in [2.45, 2.75) is 20.3 Å². The molecule has 0 aliphatic rings. The predicted octanol–water partition coefficient (Wildman–Crippen LogP) is 0.649. The van der Waals surface area contributed by atoms with Gasteiger partial charge in [-0.05, 0) is 19.2 Å². The number of benzene rings is 1. The summed E-state index contributed by atoms with van der Waals surface area (Å²) in [6.45, 7) is 2.33. The summed E-state index contributed by atoms with van der Waals surface area (Å²) in [4.78, 5) is 35.7. The zero-order valence-electron chi connectivity index (χ0n) is 12.2. The number of hydrogen-bond acceptors (Lipinski definition) is 6. The lowest BCUT2D eigenvalue weighted by Gasteiger charge is -2.29. The average Bonchev–Trinajstić information content (AvgIpc) is 2.39. The van der Waals surface area contributed by atoms with Crippen molar-refractivity contribution < 1.29 is 23.9 Å². The van der Waals surface area contributed by atoms with E-state index in [9.17, 15) is 14.4 Å². The maximum atomic E-state index is 12.2. The molecule has 0 aliphatic carbocycles. The molecule has 0 atom stereocenters. The number of nitrogens with one attached hydrogen (secondary N) is 1. The number of amides is 1. The third kappa shape index (κ3) is 5.23. The molecule has 7 nitrogen and oxygen atoms in total. The third-order valence-corrected chi connectivity index (χ3v) is 2.38. The number of carbonyl (C=O) groups is 3. The number of hydrogen-bond donors (Lipinski definition) is 1. The number of rotatable bonds is 6. The average molecular weight is 294 g/mol. The minimum atomic E-state index is -1.44. The second-order valence-corrected chi connectivity index (χ2v) is 4.16. The molecular formula is C14H18N2O5. The van der Waals surface area contributed by atoms with E-state index < -0.39 is 24.3 Å². The molecule has 1 N–H and O–H groups in total. The molecule has 1 aromatic rings. The highest BCUT2D eigenvalue weighted by atomic mass is 16.7. The Morgan fingerprint density at radius 3 is 2.05 bits per heavy atom. The summed E-state index contributed by atoms with van der Waals surface area (Å²) in [5.41, 5.74) is 0.449. The van der Waals surface area contributed by atoms with Crippen molar-refractivity contribution in [3.05, 3.63) is 30.3 Å². The first kappa shape index (κ1) is 16.6. The fourth-order valence-electron chi connectivity index (χ4n) is 1.62. The van der Waals surface area contributed by atoms with Crippen LogP contribution in [0.25, 0.3) is 0 Å². The highest BCUT2D eigenvalue weighted by Crippen LogP contribution is 2.18. The summed E-state index contributed by atoms with van der Waals surface area (Å²) < 4.78 is 9.88. The number of anilines is 1. The number of ether oxygens (including phenoxy) is 2. The van der Waals surface area contributed by atoms with Gasteiger partial charge in [0, 0.05) is 13.8 Å². The van der Waals surface area contributed by atoms with Crippen LogP contribution >= 0.6 is 0 Å². The quantitative estimate of drug-likeness (QED) is 0.612. The predicted molar refractivity (Wildman–Crippen MR) is 75.2 cm³/mol. The lowest BCUT2D eigenvalue weighted by Crippen LogP contribution is -2.48. The van der Waals surface area contributed by atoms with Crippen LogP contribution in [0.3, 0.4) is 0 Å². The van der Waals surface area contributed by atoms with Crippen molar-refractivity contribution in [2.75, 3.05) is 18.5 Å². The molecule has 0 radical (unpaired) electrons. The summed E-state index contributed by atoms with van der Waals surface area (Å²) in [5, 5.41) is 2.71. The summed E-state index contributed by atoms with van der Waals surface area (Å²) in [5.74, 6) is -1.74. The molecular weight excluding hydrogens is 276 g/mol. The molecule has 0 saturated heterocycles. The topological polar surface area (TPSA) is 84.9 Å². The molecule has 0 spiro atoms. The van der Waals surface area contributed by atoms with Crippen molar-refractivity contribution >= 4 is 23.5 Å². The zero-order valence-corrected chi connectivity index (χ0v) is 12.2. The summed E-state index contributed by atoms with van der Waals surface area (Å²) in [7, 11) is 1.60. The van der Waals surface area contributed by atoms with Gasteiger partial charge in [-0.25, -0.2) is 4.90 Å². The third-order valence-electron chi connectivity index (χ3n) is 2.38. The Morgan fingerprint density at radius 1 is 1.10 bits per heavy atom. The molecule has 0 aliphatic heterocycles. The molecule has 1 rings (SSSR count). The molecule has 0 aromatic heterocycles. The van der Waals surface area contributed by atoms with E-state index in [1.54, 1.807) is 37.4 Å². The maximum absolute atomic E-state index is 12.2. The maximum Gasteiger partial charge on any atom is 0.338 e. The number of likely N-dealkylation sites (N-methyl/N-ethyl adjacent to an activating group) is 1. The van der Waals surface area contributed by atoms with Gasteiger partial charge in [-0.15, -0.1) is 0 Å². The molecule has 21 heavy (non-hydrogen) atoms. The SMILES string of the molecule is CNCC(=O)N(c1ccccc1)C(OC(C)=O)OC(C)=O. The van der Waals surface area contributed by atoms with Crippen LogP contribution in [0, 0.1) is 0 Å². The molecule has 0 bridgehead atoms. The van der Waals surface area contributed by atoms with Gasteiger partial charge in [0.2, 0.25) is 5.91 Å².